The Bertz CT molecular complexity index is 1090. The maximum Gasteiger partial charge on any atom is 0.262 e. The molecular weight excluding hydrogens is 504 g/mol. The zero-order valence-corrected chi connectivity index (χ0v) is 22.8. The summed E-state index contributed by atoms with van der Waals surface area (Å²) >= 11 is 6.22. The number of phenols is 1. The van der Waals surface area contributed by atoms with Gasteiger partial charge >= 0.3 is 0 Å². The van der Waals surface area contributed by atoms with Crippen molar-refractivity contribution < 1.29 is 24.2 Å². The lowest BCUT2D eigenvalue weighted by molar-refractivity contribution is -0.135. The summed E-state index contributed by atoms with van der Waals surface area (Å²) in [7, 11) is 0. The Balaban J connectivity index is 1.21. The molecule has 2 amide bonds. The van der Waals surface area contributed by atoms with Crippen LogP contribution in [0.25, 0.3) is 0 Å². The predicted molar refractivity (Wildman–Crippen MR) is 149 cm³/mol. The van der Waals surface area contributed by atoms with Crippen molar-refractivity contribution in [3.05, 3.63) is 52.5 Å². The molecule has 0 saturated heterocycles. The van der Waals surface area contributed by atoms with E-state index >= 15 is 0 Å². The van der Waals surface area contributed by atoms with Crippen LogP contribution in [0.2, 0.25) is 5.02 Å². The highest BCUT2D eigenvalue weighted by Gasteiger charge is 2.25. The molecule has 2 aliphatic rings. The van der Waals surface area contributed by atoms with E-state index in [9.17, 15) is 14.7 Å². The molecule has 1 saturated carbocycles. The van der Waals surface area contributed by atoms with Gasteiger partial charge in [0.05, 0.1) is 19.6 Å². The number of carbonyl (C=O) groups is 2. The number of nitrogens with one attached hydrogen (secondary N) is 1. The van der Waals surface area contributed by atoms with Crippen molar-refractivity contribution in [1.82, 2.24) is 4.90 Å². The van der Waals surface area contributed by atoms with Gasteiger partial charge in [-0.2, -0.15) is 0 Å². The molecule has 1 aliphatic heterocycles. The van der Waals surface area contributed by atoms with Gasteiger partial charge in [0.2, 0.25) is 5.91 Å². The number of aromatic hydroxyl groups is 1. The first-order valence-electron chi connectivity index (χ1n) is 13.9. The number of unbranched alkanes of at least 4 members (excludes halogenated alkanes) is 2. The number of ether oxygens (including phenoxy) is 2. The molecule has 2 aromatic carbocycles. The number of fused-ring (bicyclic) bond motifs is 1. The van der Waals surface area contributed by atoms with Crippen LogP contribution in [0.4, 0.5) is 5.69 Å². The Morgan fingerprint density at radius 3 is 2.66 bits per heavy atom. The van der Waals surface area contributed by atoms with Crippen LogP contribution in [0, 0.1) is 0 Å². The summed E-state index contributed by atoms with van der Waals surface area (Å²) in [6.07, 6.45) is 10.6. The van der Waals surface area contributed by atoms with Crippen molar-refractivity contribution in [2.24, 2.45) is 0 Å². The van der Waals surface area contributed by atoms with Crippen molar-refractivity contribution in [1.29, 1.82) is 0 Å². The smallest absolute Gasteiger partial charge is 0.262 e. The monoisotopic (exact) mass is 542 g/mol. The van der Waals surface area contributed by atoms with E-state index in [1.807, 2.05) is 30.3 Å². The van der Waals surface area contributed by atoms with Gasteiger partial charge in [0.15, 0.2) is 12.4 Å². The first-order valence-corrected chi connectivity index (χ1v) is 14.3. The number of halogens is 1. The van der Waals surface area contributed by atoms with E-state index < -0.39 is 0 Å². The van der Waals surface area contributed by atoms with E-state index in [1.165, 1.54) is 19.3 Å². The fraction of sp³-hybridized carbons (Fsp3) is 0.533. The van der Waals surface area contributed by atoms with Gasteiger partial charge in [0.1, 0.15) is 11.4 Å². The van der Waals surface area contributed by atoms with E-state index in [0.29, 0.717) is 37.1 Å². The van der Waals surface area contributed by atoms with Gasteiger partial charge in [-0.25, -0.2) is 0 Å². The molecule has 2 N–H and O–H groups in total. The first-order chi connectivity index (χ1) is 18.5. The Morgan fingerprint density at radius 1 is 1.03 bits per heavy atom. The summed E-state index contributed by atoms with van der Waals surface area (Å²) in [6, 6.07) is 11.6. The lowest BCUT2D eigenvalue weighted by Gasteiger charge is -2.34. The van der Waals surface area contributed by atoms with Crippen LogP contribution in [0.15, 0.2) is 36.4 Å². The van der Waals surface area contributed by atoms with Gasteiger partial charge in [-0.1, -0.05) is 61.5 Å². The van der Waals surface area contributed by atoms with Crippen LogP contribution in [0.3, 0.4) is 0 Å². The van der Waals surface area contributed by atoms with E-state index in [2.05, 4.69) is 10.2 Å². The minimum absolute atomic E-state index is 0.0197. The Kier molecular flexibility index (Phi) is 10.7. The molecule has 0 atom stereocenters. The maximum absolute atomic E-state index is 13.2. The van der Waals surface area contributed by atoms with Crippen molar-refractivity contribution in [3.8, 4) is 11.5 Å². The average molecular weight is 543 g/mol. The summed E-state index contributed by atoms with van der Waals surface area (Å²) in [4.78, 5) is 26.9. The molecule has 206 valence electrons. The van der Waals surface area contributed by atoms with Gasteiger partial charge < -0.3 is 24.8 Å². The predicted octanol–water partition coefficient (Wildman–Crippen LogP) is 5.90. The van der Waals surface area contributed by atoms with Gasteiger partial charge in [-0.15, -0.1) is 0 Å². The summed E-state index contributed by atoms with van der Waals surface area (Å²) in [5, 5.41) is 13.5. The molecule has 0 radical (unpaired) electrons. The summed E-state index contributed by atoms with van der Waals surface area (Å²) in [5.41, 5.74) is 2.40. The number of hydrogen-bond acceptors (Lipinski definition) is 5. The fourth-order valence-corrected chi connectivity index (χ4v) is 5.61. The lowest BCUT2D eigenvalue weighted by Crippen LogP contribution is -2.42. The third-order valence-electron chi connectivity index (χ3n) is 7.44. The molecule has 4 rings (SSSR count). The topological polar surface area (TPSA) is 88.1 Å². The van der Waals surface area contributed by atoms with Crippen LogP contribution < -0.4 is 10.1 Å². The highest BCUT2D eigenvalue weighted by atomic mass is 35.5. The largest absolute Gasteiger partial charge is 0.506 e. The van der Waals surface area contributed by atoms with Gasteiger partial charge in [-0.05, 0) is 61.8 Å². The zero-order chi connectivity index (χ0) is 26.7. The summed E-state index contributed by atoms with van der Waals surface area (Å²) in [6.45, 7) is 1.71. The van der Waals surface area contributed by atoms with E-state index in [4.69, 9.17) is 21.1 Å². The molecule has 8 heteroatoms. The van der Waals surface area contributed by atoms with Crippen molar-refractivity contribution in [2.75, 3.05) is 31.7 Å². The quantitative estimate of drug-likeness (QED) is 0.243. The van der Waals surface area contributed by atoms with Gasteiger partial charge in [0, 0.05) is 17.6 Å². The number of phenolic OH excluding ortho intramolecular Hbond substituents is 1. The maximum atomic E-state index is 13.2. The number of anilines is 1. The molecule has 1 heterocycles. The van der Waals surface area contributed by atoms with E-state index in [1.54, 1.807) is 6.07 Å². The second-order valence-electron chi connectivity index (χ2n) is 10.2. The van der Waals surface area contributed by atoms with Crippen molar-refractivity contribution in [3.63, 3.8) is 0 Å². The minimum atomic E-state index is -0.261. The molecule has 1 aliphatic carbocycles. The molecule has 0 spiro atoms. The van der Waals surface area contributed by atoms with Crippen LogP contribution >= 0.6 is 11.6 Å². The summed E-state index contributed by atoms with van der Waals surface area (Å²) < 4.78 is 11.4. The first kappa shape index (κ1) is 28.2. The number of aryl methyl sites for hydroxylation is 1. The van der Waals surface area contributed by atoms with Gasteiger partial charge in [0.25, 0.3) is 5.91 Å². The van der Waals surface area contributed by atoms with Crippen LogP contribution in [0.5, 0.6) is 11.5 Å². The summed E-state index contributed by atoms with van der Waals surface area (Å²) in [5.74, 6) is 0.513. The molecule has 0 unspecified atom stereocenters. The lowest BCUT2D eigenvalue weighted by atomic mass is 9.93. The number of benzene rings is 2. The molecule has 38 heavy (non-hydrogen) atoms. The minimum Gasteiger partial charge on any atom is -0.506 e. The third-order valence-corrected chi connectivity index (χ3v) is 7.81. The Hall–Kier alpha value is -2.77. The molecule has 1 fully saturated rings. The highest BCUT2D eigenvalue weighted by molar-refractivity contribution is 6.31. The third kappa shape index (κ3) is 7.87. The highest BCUT2D eigenvalue weighted by Crippen LogP contribution is 2.39. The van der Waals surface area contributed by atoms with Gasteiger partial charge in [-0.3, -0.25) is 9.59 Å². The van der Waals surface area contributed by atoms with Crippen molar-refractivity contribution >= 4 is 29.1 Å². The van der Waals surface area contributed by atoms with Crippen LogP contribution in [0.1, 0.15) is 68.9 Å². The normalized spacial score (nSPS) is 15.4. The molecule has 0 bridgehead atoms. The van der Waals surface area contributed by atoms with E-state index in [-0.39, 0.29) is 24.2 Å². The number of hydrogen-bond donors (Lipinski definition) is 2. The number of nitrogens with zero attached hydrogens (tertiary/aromatic N) is 1. The second-order valence-corrected chi connectivity index (χ2v) is 10.6. The standard InChI is InChI=1S/C30H39ClN2O5/c31-25-13-7-6-9-22(25)16-19-37-20-17-28(36)33(24-11-4-1-5-12-24)18-8-2-3-10-23-14-15-26(34)29-30(23)38-21-27(35)32-29/h6-7,9,13-15,24,34H,1-5,8,10-12,16-21H2,(H,32,35). The molecule has 0 aromatic heterocycles. The van der Waals surface area contributed by atoms with Crippen LogP contribution in [-0.4, -0.2) is 54.2 Å². The Morgan fingerprint density at radius 2 is 1.84 bits per heavy atom. The molecule has 2 aromatic rings. The SMILES string of the molecule is O=C1COc2c(CCCCCN(C(=O)CCOCCc3ccccc3Cl)C3CCCCC3)ccc(O)c2N1. The second kappa shape index (κ2) is 14.4. The zero-order valence-electron chi connectivity index (χ0n) is 22.1. The average Bonchev–Trinajstić information content (AvgIpc) is 2.93. The molecular formula is C30H39ClN2O5. The fourth-order valence-electron chi connectivity index (χ4n) is 5.38. The Labute approximate surface area is 230 Å². The number of amides is 2. The number of carbonyl (C=O) groups excluding carboxylic acids is 2. The van der Waals surface area contributed by atoms with E-state index in [0.717, 1.165) is 67.6 Å². The molecule has 7 nitrogen and oxygen atoms in total. The van der Waals surface area contributed by atoms with Crippen LogP contribution in [-0.2, 0) is 27.2 Å². The van der Waals surface area contributed by atoms with Crippen molar-refractivity contribution in [2.45, 2.75) is 76.7 Å². The number of rotatable bonds is 13.